The van der Waals surface area contributed by atoms with Crippen molar-refractivity contribution in [1.29, 1.82) is 0 Å². The average molecular weight is 332 g/mol. The molecule has 1 aromatic heterocycles. The number of sulfonamides is 1. The number of anilines is 1. The Hall–Kier alpha value is -2.32. The topological polar surface area (TPSA) is 92.3 Å². The number of nitrogens with one attached hydrogen (secondary N) is 1. The first-order valence-electron chi connectivity index (χ1n) is 7.20. The molecule has 3 rings (SSSR count). The second-order valence-electron chi connectivity index (χ2n) is 5.23. The zero-order chi connectivity index (χ0) is 16.3. The molecule has 7 nitrogen and oxygen atoms in total. The van der Waals surface area contributed by atoms with Crippen molar-refractivity contribution in [1.82, 2.24) is 14.3 Å². The molecule has 0 radical (unpaired) electrons. The Morgan fingerprint density at radius 2 is 2.00 bits per heavy atom. The van der Waals surface area contributed by atoms with E-state index in [-0.39, 0.29) is 11.6 Å². The third-order valence-corrected chi connectivity index (χ3v) is 5.42. The number of benzene rings is 1. The zero-order valence-electron chi connectivity index (χ0n) is 12.3. The van der Waals surface area contributed by atoms with Gasteiger partial charge in [-0.15, -0.1) is 0 Å². The second kappa shape index (κ2) is 6.43. The van der Waals surface area contributed by atoms with Crippen molar-refractivity contribution < 1.29 is 13.2 Å². The highest BCUT2D eigenvalue weighted by Gasteiger charge is 2.27. The van der Waals surface area contributed by atoms with Crippen LogP contribution >= 0.6 is 0 Å². The maximum absolute atomic E-state index is 12.0. The third-order valence-electron chi connectivity index (χ3n) is 3.52. The lowest BCUT2D eigenvalue weighted by Gasteiger charge is -2.15. The van der Waals surface area contributed by atoms with Crippen molar-refractivity contribution >= 4 is 21.6 Å². The minimum absolute atomic E-state index is 0.0834. The highest BCUT2D eigenvalue weighted by molar-refractivity contribution is 7.89. The number of nitrogens with zero attached hydrogens (tertiary/aromatic N) is 3. The predicted octanol–water partition coefficient (Wildman–Crippen LogP) is 1.26. The fraction of sp³-hybridized carbons (Fsp3) is 0.267. The van der Waals surface area contributed by atoms with Crippen LogP contribution in [0.3, 0.4) is 0 Å². The van der Waals surface area contributed by atoms with Gasteiger partial charge in [0.25, 0.3) is 5.91 Å². The van der Waals surface area contributed by atoms with E-state index in [2.05, 4.69) is 15.3 Å². The number of carbonyl (C=O) groups is 1. The van der Waals surface area contributed by atoms with Crippen LogP contribution in [-0.4, -0.2) is 40.9 Å². The second-order valence-corrected chi connectivity index (χ2v) is 7.32. The lowest BCUT2D eigenvalue weighted by molar-refractivity contribution is 0.101. The van der Waals surface area contributed by atoms with Gasteiger partial charge in [-0.2, -0.15) is 4.31 Å². The highest BCUT2D eigenvalue weighted by atomic mass is 32.2. The summed E-state index contributed by atoms with van der Waals surface area (Å²) < 4.78 is 25.2. The average Bonchev–Trinajstić information content (AvgIpc) is 2.87. The molecule has 0 unspecified atom stereocenters. The molecule has 0 bridgehead atoms. The number of rotatable bonds is 4. The molecule has 0 aliphatic carbocycles. The first-order valence-corrected chi connectivity index (χ1v) is 8.81. The van der Waals surface area contributed by atoms with Gasteiger partial charge in [0.15, 0.2) is 0 Å². The predicted molar refractivity (Wildman–Crippen MR) is 85.2 cm³/mol. The molecule has 0 saturated carbocycles. The first-order chi connectivity index (χ1) is 11.0. The van der Waals surface area contributed by atoms with E-state index in [4.69, 9.17) is 0 Å². The molecule has 1 fully saturated rings. The number of hydrogen-bond acceptors (Lipinski definition) is 5. The van der Waals surface area contributed by atoms with Gasteiger partial charge in [-0.25, -0.2) is 18.4 Å². The Morgan fingerprint density at radius 3 is 2.70 bits per heavy atom. The molecule has 2 aromatic rings. The van der Waals surface area contributed by atoms with E-state index in [1.807, 2.05) is 6.07 Å². The Bertz CT molecular complexity index is 808. The van der Waals surface area contributed by atoms with E-state index in [0.29, 0.717) is 25.2 Å². The quantitative estimate of drug-likeness (QED) is 0.910. The normalized spacial score (nSPS) is 17.0. The number of aromatic nitrogens is 2. The minimum atomic E-state index is -3.14. The number of carbonyl (C=O) groups excluding carboxylic acids is 1. The molecule has 8 heteroatoms. The van der Waals surface area contributed by atoms with Gasteiger partial charge in [0.05, 0.1) is 5.75 Å². The molecule has 1 saturated heterocycles. The van der Waals surface area contributed by atoms with Gasteiger partial charge >= 0.3 is 0 Å². The van der Waals surface area contributed by atoms with E-state index >= 15 is 0 Å². The molecule has 1 amide bonds. The van der Waals surface area contributed by atoms with Crippen LogP contribution in [0, 0.1) is 0 Å². The largest absolute Gasteiger partial charge is 0.319 e. The highest BCUT2D eigenvalue weighted by Crippen LogP contribution is 2.19. The molecule has 1 aromatic carbocycles. The first kappa shape index (κ1) is 15.6. The molecule has 23 heavy (non-hydrogen) atoms. The molecule has 1 aliphatic heterocycles. The fourth-order valence-corrected chi connectivity index (χ4v) is 3.93. The summed E-state index contributed by atoms with van der Waals surface area (Å²) in [5, 5.41) is 2.71. The van der Waals surface area contributed by atoms with Crippen LogP contribution in [0.4, 0.5) is 5.69 Å². The Kier molecular flexibility index (Phi) is 4.35. The molecule has 1 N–H and O–H groups in total. The summed E-state index contributed by atoms with van der Waals surface area (Å²) in [6.07, 6.45) is 3.65. The van der Waals surface area contributed by atoms with E-state index < -0.39 is 15.9 Å². The summed E-state index contributed by atoms with van der Waals surface area (Å²) in [6.45, 7) is 0.852. The minimum Gasteiger partial charge on any atom is -0.319 e. The molecule has 120 valence electrons. The molecular weight excluding hydrogens is 316 g/mol. The van der Waals surface area contributed by atoms with Crippen molar-refractivity contribution in [3.05, 3.63) is 54.1 Å². The lowest BCUT2D eigenvalue weighted by atomic mass is 10.2. The Labute approximate surface area is 134 Å². The summed E-state index contributed by atoms with van der Waals surface area (Å²) in [7, 11) is -3.14. The molecule has 0 spiro atoms. The van der Waals surface area contributed by atoms with Gasteiger partial charge in [-0.1, -0.05) is 12.1 Å². The van der Waals surface area contributed by atoms with Gasteiger partial charge in [0.1, 0.15) is 0 Å². The Balaban J connectivity index is 1.72. The Morgan fingerprint density at radius 1 is 1.22 bits per heavy atom. The van der Waals surface area contributed by atoms with Gasteiger partial charge in [-0.05, 0) is 30.2 Å². The summed E-state index contributed by atoms with van der Waals surface area (Å²) in [5.41, 5.74) is 1.40. The summed E-state index contributed by atoms with van der Waals surface area (Å²) in [6, 6.07) is 8.74. The van der Waals surface area contributed by atoms with Crippen LogP contribution in [-0.2, 0) is 16.6 Å². The van der Waals surface area contributed by atoms with Gasteiger partial charge in [-0.3, -0.25) is 4.79 Å². The fourth-order valence-electron chi connectivity index (χ4n) is 2.42. The molecule has 2 heterocycles. The summed E-state index contributed by atoms with van der Waals surface area (Å²) in [5.74, 6) is -0.119. The third kappa shape index (κ3) is 3.72. The van der Waals surface area contributed by atoms with E-state index in [1.165, 1.54) is 16.7 Å². The summed E-state index contributed by atoms with van der Waals surface area (Å²) >= 11 is 0. The van der Waals surface area contributed by atoms with Crippen LogP contribution in [0.1, 0.15) is 22.6 Å². The smallest absolute Gasteiger partial charge is 0.293 e. The van der Waals surface area contributed by atoms with Crippen LogP contribution in [0.15, 0.2) is 42.7 Å². The summed E-state index contributed by atoms with van der Waals surface area (Å²) in [4.78, 5) is 19.8. The lowest BCUT2D eigenvalue weighted by Crippen LogP contribution is -2.25. The monoisotopic (exact) mass is 332 g/mol. The zero-order valence-corrected chi connectivity index (χ0v) is 13.2. The van der Waals surface area contributed by atoms with E-state index in [1.54, 1.807) is 24.3 Å². The van der Waals surface area contributed by atoms with Crippen LogP contribution in [0.25, 0.3) is 0 Å². The SMILES string of the molecule is O=C(Nc1cccc(CN2CCCS2(=O)=O)c1)c1ncccn1. The maximum atomic E-state index is 12.0. The van der Waals surface area contributed by atoms with Crippen LogP contribution < -0.4 is 5.32 Å². The van der Waals surface area contributed by atoms with Gasteiger partial charge < -0.3 is 5.32 Å². The van der Waals surface area contributed by atoms with Crippen molar-refractivity contribution in [3.8, 4) is 0 Å². The molecule has 1 aliphatic rings. The molecular formula is C15H16N4O3S. The van der Waals surface area contributed by atoms with Crippen LogP contribution in [0.5, 0.6) is 0 Å². The van der Waals surface area contributed by atoms with Crippen LogP contribution in [0.2, 0.25) is 0 Å². The van der Waals surface area contributed by atoms with Crippen molar-refractivity contribution in [2.24, 2.45) is 0 Å². The number of amides is 1. The molecule has 0 atom stereocenters. The van der Waals surface area contributed by atoms with E-state index in [0.717, 1.165) is 5.56 Å². The van der Waals surface area contributed by atoms with Gasteiger partial charge in [0.2, 0.25) is 15.8 Å². The van der Waals surface area contributed by atoms with Crippen molar-refractivity contribution in [2.45, 2.75) is 13.0 Å². The van der Waals surface area contributed by atoms with Crippen molar-refractivity contribution in [2.75, 3.05) is 17.6 Å². The van der Waals surface area contributed by atoms with Gasteiger partial charge in [0, 0.05) is 31.2 Å². The van der Waals surface area contributed by atoms with Crippen molar-refractivity contribution in [3.63, 3.8) is 0 Å². The number of hydrogen-bond donors (Lipinski definition) is 1. The maximum Gasteiger partial charge on any atom is 0.293 e. The van der Waals surface area contributed by atoms with E-state index in [9.17, 15) is 13.2 Å². The standard InChI is InChI=1S/C15H16N4O3S/c20-15(14-16-6-2-7-17-14)18-13-5-1-4-12(10-13)11-19-8-3-9-23(19,21)22/h1-2,4-7,10H,3,8-9,11H2,(H,18,20).